The monoisotopic (exact) mass is 312 g/mol. The van der Waals surface area contributed by atoms with E-state index in [0.717, 1.165) is 20.9 Å². The van der Waals surface area contributed by atoms with Crippen LogP contribution in [0.15, 0.2) is 39.1 Å². The Morgan fingerprint density at radius 2 is 2.35 bits per heavy atom. The van der Waals surface area contributed by atoms with Crippen molar-refractivity contribution in [3.63, 3.8) is 0 Å². The van der Waals surface area contributed by atoms with Crippen molar-refractivity contribution in [3.05, 3.63) is 34.6 Å². The molecule has 0 aliphatic rings. The molecule has 1 heterocycles. The van der Waals surface area contributed by atoms with E-state index in [1.165, 1.54) is 11.9 Å². The van der Waals surface area contributed by atoms with Gasteiger partial charge in [-0.15, -0.1) is 0 Å². The molecule has 1 aromatic heterocycles. The standard InChI is InChI=1S/C11H13BrN4S/c1-7(13)4-8-2-3-9(12)5-10(8)17-11-14-6-15-16-11/h2-3,5-7H,4,13H2,1H3,(H,14,15,16). The first-order chi connectivity index (χ1) is 8.15. The molecule has 90 valence electrons. The average molecular weight is 313 g/mol. The number of aromatic amines is 1. The quantitative estimate of drug-likeness (QED) is 0.910. The van der Waals surface area contributed by atoms with E-state index in [0.29, 0.717) is 0 Å². The van der Waals surface area contributed by atoms with Crippen molar-refractivity contribution in [2.45, 2.75) is 29.4 Å². The molecule has 0 bridgehead atoms. The van der Waals surface area contributed by atoms with Crippen LogP contribution < -0.4 is 5.73 Å². The van der Waals surface area contributed by atoms with Gasteiger partial charge in [0.1, 0.15) is 6.33 Å². The highest BCUT2D eigenvalue weighted by Crippen LogP contribution is 2.30. The summed E-state index contributed by atoms with van der Waals surface area (Å²) < 4.78 is 1.05. The summed E-state index contributed by atoms with van der Waals surface area (Å²) in [6.07, 6.45) is 2.36. The predicted octanol–water partition coefficient (Wildman–Crippen LogP) is 2.61. The Balaban J connectivity index is 2.26. The van der Waals surface area contributed by atoms with Crippen LogP contribution in [0.5, 0.6) is 0 Å². The summed E-state index contributed by atoms with van der Waals surface area (Å²) in [4.78, 5) is 5.26. The van der Waals surface area contributed by atoms with E-state index in [9.17, 15) is 0 Å². The van der Waals surface area contributed by atoms with Crippen LogP contribution in [0.3, 0.4) is 0 Å². The lowest BCUT2D eigenvalue weighted by Gasteiger charge is -2.10. The van der Waals surface area contributed by atoms with E-state index >= 15 is 0 Å². The number of rotatable bonds is 4. The van der Waals surface area contributed by atoms with Gasteiger partial charge >= 0.3 is 0 Å². The molecule has 2 rings (SSSR count). The second kappa shape index (κ2) is 5.66. The lowest BCUT2D eigenvalue weighted by molar-refractivity contribution is 0.729. The van der Waals surface area contributed by atoms with E-state index in [4.69, 9.17) is 5.73 Å². The van der Waals surface area contributed by atoms with Crippen LogP contribution in [-0.2, 0) is 6.42 Å². The summed E-state index contributed by atoms with van der Waals surface area (Å²) in [6.45, 7) is 2.00. The van der Waals surface area contributed by atoms with Crippen LogP contribution in [0.4, 0.5) is 0 Å². The van der Waals surface area contributed by atoms with Crippen LogP contribution >= 0.6 is 27.7 Å². The number of hydrogen-bond donors (Lipinski definition) is 2. The Kier molecular flexibility index (Phi) is 4.20. The normalized spacial score (nSPS) is 12.6. The number of hydrogen-bond acceptors (Lipinski definition) is 4. The predicted molar refractivity (Wildman–Crippen MR) is 72.0 cm³/mol. The molecule has 0 saturated carbocycles. The highest BCUT2D eigenvalue weighted by molar-refractivity contribution is 9.10. The fourth-order valence-corrected chi connectivity index (χ4v) is 2.87. The van der Waals surface area contributed by atoms with Crippen molar-refractivity contribution in [1.82, 2.24) is 15.2 Å². The molecular formula is C11H13BrN4S. The first-order valence-electron chi connectivity index (χ1n) is 5.22. The molecule has 4 nitrogen and oxygen atoms in total. The number of nitrogens with zero attached hydrogens (tertiary/aromatic N) is 2. The maximum Gasteiger partial charge on any atom is 0.188 e. The van der Waals surface area contributed by atoms with Crippen LogP contribution in [0.25, 0.3) is 0 Å². The summed E-state index contributed by atoms with van der Waals surface area (Å²) in [5.41, 5.74) is 7.07. The summed E-state index contributed by atoms with van der Waals surface area (Å²) in [7, 11) is 0. The van der Waals surface area contributed by atoms with Crippen molar-refractivity contribution in [2.24, 2.45) is 5.73 Å². The van der Waals surface area contributed by atoms with Crippen molar-refractivity contribution < 1.29 is 0 Å². The second-order valence-electron chi connectivity index (χ2n) is 3.83. The zero-order valence-electron chi connectivity index (χ0n) is 9.35. The molecule has 0 spiro atoms. The Morgan fingerprint density at radius 1 is 1.53 bits per heavy atom. The van der Waals surface area contributed by atoms with Crippen molar-refractivity contribution in [2.75, 3.05) is 0 Å². The van der Waals surface area contributed by atoms with Gasteiger partial charge in [-0.2, -0.15) is 5.10 Å². The molecule has 6 heteroatoms. The smallest absolute Gasteiger partial charge is 0.188 e. The minimum atomic E-state index is 0.144. The van der Waals surface area contributed by atoms with E-state index in [1.807, 2.05) is 13.0 Å². The van der Waals surface area contributed by atoms with Crippen molar-refractivity contribution in [3.8, 4) is 0 Å². The lowest BCUT2D eigenvalue weighted by Crippen LogP contribution is -2.18. The third-order valence-corrected chi connectivity index (χ3v) is 3.65. The molecular weight excluding hydrogens is 300 g/mol. The lowest BCUT2D eigenvalue weighted by atomic mass is 10.1. The number of nitrogens with one attached hydrogen (secondary N) is 1. The molecule has 0 aliphatic carbocycles. The molecule has 0 aliphatic heterocycles. The second-order valence-corrected chi connectivity index (χ2v) is 5.77. The molecule has 0 amide bonds. The molecule has 1 aromatic carbocycles. The van der Waals surface area contributed by atoms with Gasteiger partial charge in [0.2, 0.25) is 0 Å². The molecule has 1 unspecified atom stereocenters. The summed E-state index contributed by atoms with van der Waals surface area (Å²) >= 11 is 5.04. The minimum Gasteiger partial charge on any atom is -0.328 e. The van der Waals surface area contributed by atoms with Gasteiger partial charge in [0.15, 0.2) is 5.16 Å². The highest BCUT2D eigenvalue weighted by atomic mass is 79.9. The van der Waals surface area contributed by atoms with Gasteiger partial charge in [0, 0.05) is 15.4 Å². The maximum atomic E-state index is 5.85. The molecule has 0 fully saturated rings. The van der Waals surface area contributed by atoms with Gasteiger partial charge in [-0.25, -0.2) is 4.98 Å². The molecule has 1 atom stereocenters. The Hall–Kier alpha value is -0.850. The SMILES string of the molecule is CC(N)Cc1ccc(Br)cc1Sc1ncn[nH]1. The van der Waals surface area contributed by atoms with Gasteiger partial charge in [-0.1, -0.05) is 33.8 Å². The van der Waals surface area contributed by atoms with E-state index in [1.54, 1.807) is 11.8 Å². The van der Waals surface area contributed by atoms with E-state index < -0.39 is 0 Å². The number of halogens is 1. The zero-order chi connectivity index (χ0) is 12.3. The van der Waals surface area contributed by atoms with E-state index in [2.05, 4.69) is 43.2 Å². The molecule has 3 N–H and O–H groups in total. The topological polar surface area (TPSA) is 67.6 Å². The number of H-pyrrole nitrogens is 1. The summed E-state index contributed by atoms with van der Waals surface area (Å²) in [5, 5.41) is 7.47. The number of nitrogens with two attached hydrogens (primary N) is 1. The summed E-state index contributed by atoms with van der Waals surface area (Å²) in [6, 6.07) is 6.34. The van der Waals surface area contributed by atoms with Crippen LogP contribution in [0, 0.1) is 0 Å². The number of benzene rings is 1. The Labute approximate surface area is 113 Å². The zero-order valence-corrected chi connectivity index (χ0v) is 11.8. The third-order valence-electron chi connectivity index (χ3n) is 2.17. The highest BCUT2D eigenvalue weighted by Gasteiger charge is 2.08. The first kappa shape index (κ1) is 12.6. The Bertz CT molecular complexity index is 484. The van der Waals surface area contributed by atoms with Gasteiger partial charge in [-0.05, 0) is 31.0 Å². The molecule has 17 heavy (non-hydrogen) atoms. The van der Waals surface area contributed by atoms with E-state index in [-0.39, 0.29) is 6.04 Å². The maximum absolute atomic E-state index is 5.85. The van der Waals surface area contributed by atoms with Crippen molar-refractivity contribution >= 4 is 27.7 Å². The Morgan fingerprint density at radius 3 is 3.00 bits per heavy atom. The minimum absolute atomic E-state index is 0.144. The molecule has 0 radical (unpaired) electrons. The largest absolute Gasteiger partial charge is 0.328 e. The summed E-state index contributed by atoms with van der Waals surface area (Å²) in [5.74, 6) is 0. The molecule has 2 aromatic rings. The van der Waals surface area contributed by atoms with Gasteiger partial charge in [-0.3, -0.25) is 5.10 Å². The van der Waals surface area contributed by atoms with Crippen molar-refractivity contribution in [1.29, 1.82) is 0 Å². The van der Waals surface area contributed by atoms with Crippen LogP contribution in [-0.4, -0.2) is 21.2 Å². The van der Waals surface area contributed by atoms with Crippen LogP contribution in [0.2, 0.25) is 0 Å². The average Bonchev–Trinajstić information content (AvgIpc) is 2.74. The van der Waals surface area contributed by atoms with Gasteiger partial charge in [0.05, 0.1) is 0 Å². The van der Waals surface area contributed by atoms with Gasteiger partial charge in [0.25, 0.3) is 0 Å². The first-order valence-corrected chi connectivity index (χ1v) is 6.83. The fraction of sp³-hybridized carbons (Fsp3) is 0.273. The fourth-order valence-electron chi connectivity index (χ4n) is 1.49. The molecule has 0 saturated heterocycles. The number of aromatic nitrogens is 3. The van der Waals surface area contributed by atoms with Crippen LogP contribution in [0.1, 0.15) is 12.5 Å². The third kappa shape index (κ3) is 3.55. The van der Waals surface area contributed by atoms with Gasteiger partial charge < -0.3 is 5.73 Å².